The summed E-state index contributed by atoms with van der Waals surface area (Å²) in [4.78, 5) is 27.3. The third kappa shape index (κ3) is 3.15. The highest BCUT2D eigenvalue weighted by molar-refractivity contribution is 5.93. The monoisotopic (exact) mass is 291 g/mol. The molecule has 114 valence electrons. The predicted octanol–water partition coefficient (Wildman–Crippen LogP) is 1.89. The number of hydrogen-bond acceptors (Lipinski definition) is 4. The van der Waals surface area contributed by atoms with Gasteiger partial charge in [0.25, 0.3) is 5.91 Å². The fourth-order valence-electron chi connectivity index (χ4n) is 2.75. The number of nitrogens with zero attached hydrogens (tertiary/aromatic N) is 1. The van der Waals surface area contributed by atoms with E-state index in [4.69, 9.17) is 0 Å². The Morgan fingerprint density at radius 2 is 2.29 bits per heavy atom. The van der Waals surface area contributed by atoms with Crippen LogP contribution in [0.3, 0.4) is 0 Å². The molecule has 2 rings (SSSR count). The van der Waals surface area contributed by atoms with Crippen LogP contribution >= 0.6 is 0 Å². The van der Waals surface area contributed by atoms with E-state index in [-0.39, 0.29) is 11.9 Å². The molecule has 3 N–H and O–H groups in total. The first kappa shape index (κ1) is 15.3. The fourth-order valence-corrected chi connectivity index (χ4v) is 2.75. The van der Waals surface area contributed by atoms with Crippen LogP contribution in [-0.2, 0) is 4.79 Å². The molecule has 6 nitrogen and oxygen atoms in total. The minimum atomic E-state index is -0.782. The summed E-state index contributed by atoms with van der Waals surface area (Å²) in [5.41, 5.74) is 0.289. The lowest BCUT2D eigenvalue weighted by atomic mass is 9.85. The Kier molecular flexibility index (Phi) is 4.45. The molecule has 1 aliphatic rings. The van der Waals surface area contributed by atoms with Crippen molar-refractivity contribution in [3.8, 4) is 0 Å². The number of amides is 1. The second-order valence-corrected chi connectivity index (χ2v) is 5.60. The molecule has 0 aliphatic heterocycles. The molecule has 1 fully saturated rings. The van der Waals surface area contributed by atoms with Crippen LogP contribution in [0.2, 0.25) is 0 Å². The quantitative estimate of drug-likeness (QED) is 0.770. The summed E-state index contributed by atoms with van der Waals surface area (Å²) in [6, 6.07) is 3.27. The van der Waals surface area contributed by atoms with Crippen molar-refractivity contribution in [3.05, 3.63) is 24.0 Å². The number of rotatable bonds is 5. The summed E-state index contributed by atoms with van der Waals surface area (Å²) >= 11 is 0. The van der Waals surface area contributed by atoms with E-state index in [9.17, 15) is 14.7 Å². The van der Waals surface area contributed by atoms with Gasteiger partial charge in [0.15, 0.2) is 0 Å². The molecule has 1 amide bonds. The lowest BCUT2D eigenvalue weighted by molar-refractivity contribution is -0.147. The van der Waals surface area contributed by atoms with Crippen molar-refractivity contribution in [2.45, 2.75) is 39.2 Å². The second-order valence-electron chi connectivity index (χ2n) is 5.60. The Morgan fingerprint density at radius 3 is 2.95 bits per heavy atom. The number of carboxylic acids is 1. The van der Waals surface area contributed by atoms with Gasteiger partial charge in [-0.3, -0.25) is 14.6 Å². The molecular formula is C15H21N3O3. The minimum Gasteiger partial charge on any atom is -0.481 e. The fraction of sp³-hybridized carbons (Fsp3) is 0.533. The SMILES string of the molecule is CCNC(=O)c1cc(NC2CCCC2(C)C(=O)O)ccn1. The number of aromatic nitrogens is 1. The van der Waals surface area contributed by atoms with Gasteiger partial charge in [-0.1, -0.05) is 6.42 Å². The van der Waals surface area contributed by atoms with Gasteiger partial charge in [0.1, 0.15) is 5.69 Å². The molecule has 1 aromatic rings. The van der Waals surface area contributed by atoms with Gasteiger partial charge in [-0.25, -0.2) is 0 Å². The molecule has 0 saturated heterocycles. The third-order valence-electron chi connectivity index (χ3n) is 4.12. The van der Waals surface area contributed by atoms with Crippen LogP contribution in [0.15, 0.2) is 18.3 Å². The van der Waals surface area contributed by atoms with Crippen molar-refractivity contribution in [2.24, 2.45) is 5.41 Å². The third-order valence-corrected chi connectivity index (χ3v) is 4.12. The van der Waals surface area contributed by atoms with E-state index < -0.39 is 11.4 Å². The number of pyridine rings is 1. The van der Waals surface area contributed by atoms with Gasteiger partial charge in [-0.15, -0.1) is 0 Å². The highest BCUT2D eigenvalue weighted by Crippen LogP contribution is 2.39. The maximum atomic E-state index is 11.8. The van der Waals surface area contributed by atoms with Crippen LogP contribution in [0.4, 0.5) is 5.69 Å². The number of carbonyl (C=O) groups is 2. The average molecular weight is 291 g/mol. The van der Waals surface area contributed by atoms with E-state index in [0.717, 1.165) is 18.5 Å². The predicted molar refractivity (Wildman–Crippen MR) is 79.2 cm³/mol. The van der Waals surface area contributed by atoms with Crippen LogP contribution < -0.4 is 10.6 Å². The Hall–Kier alpha value is -2.11. The minimum absolute atomic E-state index is 0.139. The maximum absolute atomic E-state index is 11.8. The molecule has 21 heavy (non-hydrogen) atoms. The number of hydrogen-bond donors (Lipinski definition) is 3. The lowest BCUT2D eigenvalue weighted by Gasteiger charge is -2.28. The van der Waals surface area contributed by atoms with Gasteiger partial charge in [0.2, 0.25) is 0 Å². The topological polar surface area (TPSA) is 91.3 Å². The van der Waals surface area contributed by atoms with Crippen LogP contribution in [0, 0.1) is 5.41 Å². The average Bonchev–Trinajstić information content (AvgIpc) is 2.82. The van der Waals surface area contributed by atoms with Gasteiger partial charge in [0.05, 0.1) is 5.41 Å². The van der Waals surface area contributed by atoms with Crippen molar-refractivity contribution < 1.29 is 14.7 Å². The molecule has 1 heterocycles. The zero-order chi connectivity index (χ0) is 15.5. The van der Waals surface area contributed by atoms with E-state index in [1.165, 1.54) is 0 Å². The molecule has 0 spiro atoms. The van der Waals surface area contributed by atoms with Gasteiger partial charge >= 0.3 is 5.97 Å². The first-order valence-electron chi connectivity index (χ1n) is 7.21. The van der Waals surface area contributed by atoms with Gasteiger partial charge in [-0.05, 0) is 38.8 Å². The standard InChI is InChI=1S/C15H21N3O3/c1-3-16-13(19)11-9-10(6-8-17-11)18-12-5-4-7-15(12,2)14(20)21/h6,8-9,12H,3-5,7H2,1-2H3,(H,16,19)(H,17,18)(H,20,21). The molecule has 2 atom stereocenters. The summed E-state index contributed by atoms with van der Waals surface area (Å²) in [7, 11) is 0. The number of anilines is 1. The molecule has 0 aromatic carbocycles. The highest BCUT2D eigenvalue weighted by Gasteiger charge is 2.45. The Balaban J connectivity index is 2.15. The molecule has 1 aromatic heterocycles. The van der Waals surface area contributed by atoms with Crippen molar-refractivity contribution in [3.63, 3.8) is 0 Å². The van der Waals surface area contributed by atoms with Crippen LogP contribution in [0.25, 0.3) is 0 Å². The molecule has 1 aliphatic carbocycles. The lowest BCUT2D eigenvalue weighted by Crippen LogP contribution is -2.40. The van der Waals surface area contributed by atoms with E-state index in [0.29, 0.717) is 18.7 Å². The molecule has 1 saturated carbocycles. The van der Waals surface area contributed by atoms with Crippen LogP contribution in [0.5, 0.6) is 0 Å². The van der Waals surface area contributed by atoms with Gasteiger partial charge < -0.3 is 15.7 Å². The van der Waals surface area contributed by atoms with Gasteiger partial charge in [-0.2, -0.15) is 0 Å². The Bertz CT molecular complexity index is 547. The van der Waals surface area contributed by atoms with Crippen LogP contribution in [0.1, 0.15) is 43.6 Å². The molecule has 0 bridgehead atoms. The molecule has 2 unspecified atom stereocenters. The number of nitrogens with one attached hydrogen (secondary N) is 2. The summed E-state index contributed by atoms with van der Waals surface area (Å²) in [5.74, 6) is -1.01. The molecule has 6 heteroatoms. The first-order chi connectivity index (χ1) is 9.97. The maximum Gasteiger partial charge on any atom is 0.311 e. The Labute approximate surface area is 124 Å². The van der Waals surface area contributed by atoms with Crippen LogP contribution in [-0.4, -0.2) is 34.6 Å². The molecular weight excluding hydrogens is 270 g/mol. The van der Waals surface area contributed by atoms with Crippen molar-refractivity contribution >= 4 is 17.6 Å². The van der Waals surface area contributed by atoms with E-state index in [1.54, 1.807) is 25.3 Å². The normalized spacial score (nSPS) is 24.6. The van der Waals surface area contributed by atoms with Crippen molar-refractivity contribution in [1.29, 1.82) is 0 Å². The van der Waals surface area contributed by atoms with Crippen molar-refractivity contribution in [1.82, 2.24) is 10.3 Å². The summed E-state index contributed by atoms with van der Waals surface area (Å²) in [6.07, 6.45) is 3.91. The zero-order valence-corrected chi connectivity index (χ0v) is 12.3. The van der Waals surface area contributed by atoms with E-state index >= 15 is 0 Å². The first-order valence-corrected chi connectivity index (χ1v) is 7.21. The summed E-state index contributed by atoms with van der Waals surface area (Å²) in [5, 5.41) is 15.4. The van der Waals surface area contributed by atoms with Crippen molar-refractivity contribution in [2.75, 3.05) is 11.9 Å². The summed E-state index contributed by atoms with van der Waals surface area (Å²) < 4.78 is 0. The highest BCUT2D eigenvalue weighted by atomic mass is 16.4. The number of aliphatic carboxylic acids is 1. The van der Waals surface area contributed by atoms with Gasteiger partial charge in [0, 0.05) is 24.5 Å². The number of carboxylic acid groups (broad SMARTS) is 1. The largest absolute Gasteiger partial charge is 0.481 e. The smallest absolute Gasteiger partial charge is 0.311 e. The second kappa shape index (κ2) is 6.11. The zero-order valence-electron chi connectivity index (χ0n) is 12.3. The van der Waals surface area contributed by atoms with E-state index in [1.807, 2.05) is 6.92 Å². The Morgan fingerprint density at radius 1 is 1.52 bits per heavy atom. The number of carbonyl (C=O) groups excluding carboxylic acids is 1. The summed E-state index contributed by atoms with van der Waals surface area (Å²) in [6.45, 7) is 4.15. The molecule has 0 radical (unpaired) electrons. The van der Waals surface area contributed by atoms with E-state index in [2.05, 4.69) is 15.6 Å².